The minimum absolute atomic E-state index is 0.126. The summed E-state index contributed by atoms with van der Waals surface area (Å²) in [6, 6.07) is 1.97. The average molecular weight is 1020 g/mol. The molecular weight excluding hydrogens is 949 g/mol. The van der Waals surface area contributed by atoms with Crippen LogP contribution in [0.1, 0.15) is 88.9 Å². The maximum Gasteiger partial charge on any atom is 0.331 e. The lowest BCUT2D eigenvalue weighted by Crippen LogP contribution is -2.66. The maximum absolute atomic E-state index is 13.6. The molecule has 0 spiro atoms. The van der Waals surface area contributed by atoms with Crippen molar-refractivity contribution in [3.05, 3.63) is 96.2 Å². The molecule has 1 aromatic carbocycles. The molecule has 16 unspecified atom stereocenters. The van der Waals surface area contributed by atoms with Crippen LogP contribution in [0, 0.1) is 0 Å². The molecule has 1 aromatic rings. The summed E-state index contributed by atoms with van der Waals surface area (Å²) in [5.74, 6) is -3.10. The number of carbonyl (C=O) groups is 2. The highest BCUT2D eigenvalue weighted by atomic mass is 16.8. The number of unbranched alkanes of at least 4 members (excludes halogenated alkanes) is 6. The summed E-state index contributed by atoms with van der Waals surface area (Å²) < 4.78 is 40.8. The normalized spacial score (nSPS) is 32.0. The lowest BCUT2D eigenvalue weighted by Gasteiger charge is -2.49. The van der Waals surface area contributed by atoms with Gasteiger partial charge in [0.2, 0.25) is 0 Å². The molecule has 3 aliphatic heterocycles. The van der Waals surface area contributed by atoms with E-state index in [0.717, 1.165) is 75.7 Å². The number of aliphatic hydroxyl groups excluding tert-OH is 10. The summed E-state index contributed by atoms with van der Waals surface area (Å²) in [5.41, 5.74) is -0.392. The molecule has 3 heterocycles. The molecule has 12 N–H and O–H groups in total. The molecule has 0 radical (unpaired) electrons. The first-order valence-corrected chi connectivity index (χ1v) is 24.4. The monoisotopic (exact) mass is 1020 g/mol. The summed E-state index contributed by atoms with van der Waals surface area (Å²) in [5, 5.41) is 129. The van der Waals surface area contributed by atoms with Crippen LogP contribution in [-0.2, 0) is 49.4 Å². The third-order valence-corrected chi connectivity index (χ3v) is 12.1. The van der Waals surface area contributed by atoms with Gasteiger partial charge in [-0.05, 0) is 43.7 Å². The first-order chi connectivity index (χ1) is 34.6. The molecule has 3 saturated heterocycles. The molecule has 0 saturated carbocycles. The molecule has 0 aromatic heterocycles. The highest BCUT2D eigenvalue weighted by Gasteiger charge is 2.55. The van der Waals surface area contributed by atoms with Gasteiger partial charge in [-0.25, -0.2) is 9.59 Å². The van der Waals surface area contributed by atoms with E-state index in [1.54, 1.807) is 24.3 Å². The minimum Gasteiger partial charge on any atom is -0.508 e. The summed E-state index contributed by atoms with van der Waals surface area (Å²) in [6.07, 6.45) is -2.13. The van der Waals surface area contributed by atoms with Gasteiger partial charge in [0.15, 0.2) is 18.7 Å². The smallest absolute Gasteiger partial charge is 0.331 e. The topological polar surface area (TPSA) is 342 Å². The fourth-order valence-electron chi connectivity index (χ4n) is 8.13. The van der Waals surface area contributed by atoms with Crippen LogP contribution in [-0.4, -0.2) is 185 Å². The standard InChI is InChI=1S/C51H74O21/c1-3-5-7-9-11-13-16-20-31(55)21-17-15-19-23-38(59)70-48-45(65)47(39-30(26-52)24-32(56)25-33(39)57)67-35(28-54)46(48)71-51-49(72-50-44(64)42(62)40(60)34(27-53)68-50)43(63)41(61)36(69-51)29-66-37(58)22-18-14-12-10-8-6-4-2/h11-20,22-25,31,34-36,40-57,60-65H,3-10,21,26-29H2,1-2H3. The predicted octanol–water partition coefficient (Wildman–Crippen LogP) is 1.10. The zero-order chi connectivity index (χ0) is 52.7. The first kappa shape index (κ1) is 60.2. The number of carbonyl (C=O) groups excluding carboxylic acids is 2. The van der Waals surface area contributed by atoms with Crippen LogP contribution >= 0.6 is 0 Å². The SMILES string of the molecule is CCCCCC=CC=CC(=O)OCC1OC(OC2C(CO)OC(c3c(O)cc(O)cc3CO)C(O)C2OC(=O)C=CC=CCC(O)C=CC=CCCCCC)C(OC2OC(CO)C(O)C(O)C2O)C(O)C1O. The Kier molecular flexibility index (Phi) is 26.2. The Morgan fingerprint density at radius 3 is 1.86 bits per heavy atom. The van der Waals surface area contributed by atoms with Gasteiger partial charge in [0.25, 0.3) is 0 Å². The van der Waals surface area contributed by atoms with Gasteiger partial charge in [-0.1, -0.05) is 100 Å². The number of phenolic OH excluding ortho intramolecular Hbond substituents is 2. The van der Waals surface area contributed by atoms with Gasteiger partial charge >= 0.3 is 11.9 Å². The third-order valence-electron chi connectivity index (χ3n) is 12.1. The molecule has 3 aliphatic rings. The summed E-state index contributed by atoms with van der Waals surface area (Å²) in [4.78, 5) is 26.3. The molecular formula is C51H74O21. The lowest BCUT2D eigenvalue weighted by atomic mass is 9.88. The largest absolute Gasteiger partial charge is 0.508 e. The van der Waals surface area contributed by atoms with E-state index in [-0.39, 0.29) is 17.5 Å². The fraction of sp³-hybridized carbons (Fsp3) is 0.608. The molecule has 21 heteroatoms. The van der Waals surface area contributed by atoms with E-state index >= 15 is 0 Å². The summed E-state index contributed by atoms with van der Waals surface area (Å²) in [7, 11) is 0. The molecule has 16 atom stereocenters. The quantitative estimate of drug-likeness (QED) is 0.0254. The Labute approximate surface area is 418 Å². The highest BCUT2D eigenvalue weighted by Crippen LogP contribution is 2.43. The van der Waals surface area contributed by atoms with Gasteiger partial charge in [0.1, 0.15) is 91.4 Å². The van der Waals surface area contributed by atoms with Crippen molar-refractivity contribution in [2.75, 3.05) is 19.8 Å². The van der Waals surface area contributed by atoms with E-state index in [1.165, 1.54) is 18.2 Å². The van der Waals surface area contributed by atoms with Gasteiger partial charge in [0.05, 0.1) is 25.9 Å². The molecule has 0 aliphatic carbocycles. The van der Waals surface area contributed by atoms with E-state index in [2.05, 4.69) is 13.8 Å². The number of ether oxygens (including phenoxy) is 7. The second-order valence-electron chi connectivity index (χ2n) is 17.6. The van der Waals surface area contributed by atoms with Crippen LogP contribution in [0.3, 0.4) is 0 Å². The number of allylic oxidation sites excluding steroid dienone is 8. The number of rotatable bonds is 27. The second kappa shape index (κ2) is 31.4. The van der Waals surface area contributed by atoms with Crippen molar-refractivity contribution in [2.24, 2.45) is 0 Å². The Bertz CT molecular complexity index is 1970. The summed E-state index contributed by atoms with van der Waals surface area (Å²) >= 11 is 0. The number of phenols is 2. The second-order valence-corrected chi connectivity index (χ2v) is 17.6. The van der Waals surface area contributed by atoms with E-state index in [1.807, 2.05) is 18.2 Å². The Balaban J connectivity index is 1.66. The van der Waals surface area contributed by atoms with Gasteiger partial charge in [-0.15, -0.1) is 0 Å². The number of hydrogen-bond donors (Lipinski definition) is 12. The molecule has 404 valence electrons. The van der Waals surface area contributed by atoms with Crippen molar-refractivity contribution in [1.82, 2.24) is 0 Å². The highest BCUT2D eigenvalue weighted by molar-refractivity contribution is 5.82. The maximum atomic E-state index is 13.6. The molecule has 0 amide bonds. The average Bonchev–Trinajstić information content (AvgIpc) is 3.36. The minimum atomic E-state index is -2.09. The predicted molar refractivity (Wildman–Crippen MR) is 255 cm³/mol. The van der Waals surface area contributed by atoms with Crippen molar-refractivity contribution in [3.63, 3.8) is 0 Å². The molecule has 72 heavy (non-hydrogen) atoms. The zero-order valence-corrected chi connectivity index (χ0v) is 40.6. The van der Waals surface area contributed by atoms with Crippen LogP contribution in [0.5, 0.6) is 11.5 Å². The van der Waals surface area contributed by atoms with E-state index in [4.69, 9.17) is 33.2 Å². The zero-order valence-electron chi connectivity index (χ0n) is 40.6. The number of aromatic hydroxyl groups is 2. The van der Waals surface area contributed by atoms with Crippen LogP contribution in [0.15, 0.2) is 85.0 Å². The molecule has 21 nitrogen and oxygen atoms in total. The van der Waals surface area contributed by atoms with Crippen LogP contribution in [0.4, 0.5) is 0 Å². The lowest BCUT2D eigenvalue weighted by molar-refractivity contribution is -0.383. The van der Waals surface area contributed by atoms with Gasteiger partial charge < -0.3 is 94.4 Å². The fourth-order valence-corrected chi connectivity index (χ4v) is 8.13. The van der Waals surface area contributed by atoms with Crippen molar-refractivity contribution in [2.45, 2.75) is 176 Å². The number of benzene rings is 1. The van der Waals surface area contributed by atoms with Crippen LogP contribution in [0.25, 0.3) is 0 Å². The van der Waals surface area contributed by atoms with Crippen LogP contribution in [0.2, 0.25) is 0 Å². The van der Waals surface area contributed by atoms with Gasteiger partial charge in [0, 0.05) is 23.8 Å². The van der Waals surface area contributed by atoms with E-state index in [0.29, 0.717) is 0 Å². The van der Waals surface area contributed by atoms with Gasteiger partial charge in [-0.2, -0.15) is 0 Å². The number of aliphatic hydroxyl groups is 10. The summed E-state index contributed by atoms with van der Waals surface area (Å²) in [6.45, 7) is 0.838. The van der Waals surface area contributed by atoms with Crippen LogP contribution < -0.4 is 0 Å². The van der Waals surface area contributed by atoms with Crippen molar-refractivity contribution in [3.8, 4) is 11.5 Å². The first-order valence-electron chi connectivity index (χ1n) is 24.4. The number of esters is 2. The Morgan fingerprint density at radius 2 is 1.22 bits per heavy atom. The third kappa shape index (κ3) is 17.6. The van der Waals surface area contributed by atoms with E-state index < -0.39 is 148 Å². The van der Waals surface area contributed by atoms with Crippen molar-refractivity contribution < 1.29 is 104 Å². The van der Waals surface area contributed by atoms with Gasteiger partial charge in [-0.3, -0.25) is 0 Å². The van der Waals surface area contributed by atoms with Crippen molar-refractivity contribution >= 4 is 11.9 Å². The molecule has 4 rings (SSSR count). The molecule has 3 fully saturated rings. The molecule has 0 bridgehead atoms. The van der Waals surface area contributed by atoms with E-state index in [9.17, 15) is 70.9 Å². The van der Waals surface area contributed by atoms with Crippen molar-refractivity contribution in [1.29, 1.82) is 0 Å². The Morgan fingerprint density at radius 1 is 0.625 bits per heavy atom. The number of hydrogen-bond acceptors (Lipinski definition) is 21. The Hall–Kier alpha value is -4.40.